The highest BCUT2D eigenvalue weighted by molar-refractivity contribution is 5.74. The monoisotopic (exact) mass is 753 g/mol. The van der Waals surface area contributed by atoms with Gasteiger partial charge in [-0.2, -0.15) is 0 Å². The number of hydrogen-bond acceptors (Lipinski definition) is 10. The van der Waals surface area contributed by atoms with Crippen molar-refractivity contribution in [3.05, 3.63) is 84.0 Å². The maximum Gasteiger partial charge on any atom is 0.404 e. The number of amides is 1. The first-order chi connectivity index (χ1) is 26.0. The van der Waals surface area contributed by atoms with Crippen molar-refractivity contribution in [1.82, 2.24) is 0 Å². The second-order valence-corrected chi connectivity index (χ2v) is 14.3. The van der Waals surface area contributed by atoms with Gasteiger partial charge in [0.25, 0.3) is 0 Å². The molecule has 2 aromatic rings. The van der Waals surface area contributed by atoms with Crippen molar-refractivity contribution in [3.63, 3.8) is 0 Å². The first-order valence-electron chi connectivity index (χ1n) is 19.0. The van der Waals surface area contributed by atoms with Crippen molar-refractivity contribution in [2.24, 2.45) is 35.3 Å². The van der Waals surface area contributed by atoms with E-state index in [9.17, 15) is 9.59 Å². The molecule has 0 radical (unpaired) electrons. The fraction of sp³-hybridized carbons (Fsp3) is 0.581. The molecule has 0 saturated carbocycles. The number of benzene rings is 2. The molecule has 54 heavy (non-hydrogen) atoms. The third-order valence-electron chi connectivity index (χ3n) is 10.1. The van der Waals surface area contributed by atoms with Gasteiger partial charge < -0.3 is 43.6 Å². The van der Waals surface area contributed by atoms with E-state index in [0.29, 0.717) is 19.6 Å². The van der Waals surface area contributed by atoms with E-state index in [1.807, 2.05) is 62.4 Å². The first kappa shape index (κ1) is 44.5. The molecule has 3 rings (SSSR count). The van der Waals surface area contributed by atoms with Crippen molar-refractivity contribution in [1.29, 1.82) is 0 Å². The van der Waals surface area contributed by atoms with E-state index in [2.05, 4.69) is 45.1 Å². The Bertz CT molecular complexity index is 1430. The second-order valence-electron chi connectivity index (χ2n) is 14.3. The predicted molar refractivity (Wildman–Crippen MR) is 208 cm³/mol. The van der Waals surface area contributed by atoms with Crippen molar-refractivity contribution in [2.45, 2.75) is 97.9 Å². The van der Waals surface area contributed by atoms with Gasteiger partial charge in [-0.25, -0.2) is 4.79 Å². The third-order valence-corrected chi connectivity index (χ3v) is 10.1. The van der Waals surface area contributed by atoms with Gasteiger partial charge in [0.1, 0.15) is 24.4 Å². The van der Waals surface area contributed by atoms with Crippen LogP contribution in [-0.2, 0) is 46.4 Å². The predicted octanol–water partition coefficient (Wildman–Crippen LogP) is 8.04. The maximum atomic E-state index is 12.6. The molecule has 0 unspecified atom stereocenters. The van der Waals surface area contributed by atoms with Gasteiger partial charge >= 0.3 is 12.1 Å². The van der Waals surface area contributed by atoms with Crippen molar-refractivity contribution >= 4 is 12.1 Å². The van der Waals surface area contributed by atoms with E-state index in [-0.39, 0.29) is 73.4 Å². The summed E-state index contributed by atoms with van der Waals surface area (Å²) in [6, 6.07) is 15.7. The van der Waals surface area contributed by atoms with Crippen molar-refractivity contribution in [3.8, 4) is 11.5 Å². The normalized spacial score (nSPS) is 21.7. The molecule has 2 aromatic carbocycles. The maximum absolute atomic E-state index is 12.6. The molecule has 1 saturated heterocycles. The van der Waals surface area contributed by atoms with Crippen molar-refractivity contribution in [2.75, 3.05) is 34.7 Å². The summed E-state index contributed by atoms with van der Waals surface area (Å²) in [7, 11) is 4.87. The van der Waals surface area contributed by atoms with Gasteiger partial charge in [-0.05, 0) is 68.0 Å². The highest BCUT2D eigenvalue weighted by atomic mass is 16.7. The topological polar surface area (TPSA) is 134 Å². The summed E-state index contributed by atoms with van der Waals surface area (Å²) in [6.07, 6.45) is 10.2. The van der Waals surface area contributed by atoms with Crippen LogP contribution >= 0.6 is 0 Å². The summed E-state index contributed by atoms with van der Waals surface area (Å²) in [6.45, 7) is 11.5. The van der Waals surface area contributed by atoms with Gasteiger partial charge in [0.2, 0.25) is 0 Å². The van der Waals surface area contributed by atoms with Crippen LogP contribution in [0.1, 0.15) is 71.4 Å². The van der Waals surface area contributed by atoms with Crippen LogP contribution in [-0.4, -0.2) is 71.2 Å². The van der Waals surface area contributed by atoms with Crippen LogP contribution < -0.4 is 15.2 Å². The molecule has 1 aliphatic heterocycles. The smallest absolute Gasteiger partial charge is 0.404 e. The molecule has 11 heteroatoms. The van der Waals surface area contributed by atoms with Crippen LogP contribution in [0.25, 0.3) is 0 Å². The summed E-state index contributed by atoms with van der Waals surface area (Å²) in [5, 5.41) is 0. The number of cyclic esters (lactones) is 1. The largest absolute Gasteiger partial charge is 0.497 e. The molecule has 300 valence electrons. The summed E-state index contributed by atoms with van der Waals surface area (Å²) >= 11 is 0. The molecule has 11 nitrogen and oxygen atoms in total. The van der Waals surface area contributed by atoms with Crippen LogP contribution in [0.5, 0.6) is 11.5 Å². The van der Waals surface area contributed by atoms with Gasteiger partial charge in [-0.1, -0.05) is 76.3 Å². The Hall–Kier alpha value is -3.90. The molecule has 1 heterocycles. The van der Waals surface area contributed by atoms with Gasteiger partial charge in [-0.15, -0.1) is 0 Å². The fourth-order valence-corrected chi connectivity index (χ4v) is 6.77. The lowest BCUT2D eigenvalue weighted by atomic mass is 9.84. The number of esters is 1. The van der Waals surface area contributed by atoms with E-state index in [0.717, 1.165) is 41.9 Å². The Morgan fingerprint density at radius 1 is 0.833 bits per heavy atom. The molecule has 0 aliphatic carbocycles. The fourth-order valence-electron chi connectivity index (χ4n) is 6.77. The van der Waals surface area contributed by atoms with Crippen molar-refractivity contribution < 1.29 is 47.5 Å². The average Bonchev–Trinajstić information content (AvgIpc) is 3.17. The molecule has 1 fully saturated rings. The molecule has 0 bridgehead atoms. The zero-order chi connectivity index (χ0) is 39.5. The molecule has 1 amide bonds. The molecular formula is C43H63NO10. The Morgan fingerprint density at radius 3 is 1.93 bits per heavy atom. The summed E-state index contributed by atoms with van der Waals surface area (Å²) in [5.41, 5.74) is 7.33. The van der Waals surface area contributed by atoms with Crippen LogP contribution in [0.2, 0.25) is 0 Å². The van der Waals surface area contributed by atoms with Gasteiger partial charge in [0.15, 0.2) is 0 Å². The number of ether oxygens (including phenoxy) is 8. The minimum absolute atomic E-state index is 0.0514. The van der Waals surface area contributed by atoms with Crippen LogP contribution in [0.4, 0.5) is 4.79 Å². The van der Waals surface area contributed by atoms with Gasteiger partial charge in [-0.3, -0.25) is 4.79 Å². The number of rotatable bonds is 24. The molecule has 1 aliphatic rings. The van der Waals surface area contributed by atoms with E-state index < -0.39 is 6.09 Å². The highest BCUT2D eigenvalue weighted by Crippen LogP contribution is 2.32. The Kier molecular flexibility index (Phi) is 19.6. The van der Waals surface area contributed by atoms with E-state index >= 15 is 0 Å². The number of nitrogens with two attached hydrogens (primary N) is 1. The zero-order valence-corrected chi connectivity index (χ0v) is 33.4. The SMILES string of the molecule is COCO[C@H]1[C@H](C)[C@H](CC/C=C\[C@H](C)[C@H](OCc2ccc(OC)cc2)[C@@H](C)/C=C\CC[C@@H](OCc2ccc(OC)cc2)[C@H](C)COC(N)=O)OC(=O)[C@@H]1C. The van der Waals surface area contributed by atoms with Crippen LogP contribution in [0, 0.1) is 29.6 Å². The lowest BCUT2D eigenvalue weighted by Gasteiger charge is -2.38. The third kappa shape index (κ3) is 14.7. The standard InChI is InChI=1S/C43H63NO10/c1-29(13-9-11-15-38(31(3)25-52-43(44)46)50-26-34-17-21-36(48-7)22-18-34)40(51-27-35-19-23-37(49-8)24-20-35)30(2)14-10-12-16-39-32(4)41(53-28-47-6)33(5)42(45)54-39/h9-10,13-14,17-24,29-33,38-41H,11-12,15-16,25-28H2,1-8H3,(H2,44,46)/b13-9-,14-10-/t29-,30-,31+,32+,33+,38+,39-,40+,41-/m0/s1. The van der Waals surface area contributed by atoms with E-state index in [1.165, 1.54) is 0 Å². The Labute approximate surface area is 322 Å². The lowest BCUT2D eigenvalue weighted by molar-refractivity contribution is -0.194. The summed E-state index contributed by atoms with van der Waals surface area (Å²) in [5.74, 6) is 1.21. The number of carbonyl (C=O) groups excluding carboxylic acids is 2. The first-order valence-corrected chi connectivity index (χ1v) is 19.0. The van der Waals surface area contributed by atoms with Crippen LogP contribution in [0.15, 0.2) is 72.8 Å². The minimum atomic E-state index is -0.795. The number of primary amides is 1. The van der Waals surface area contributed by atoms with Gasteiger partial charge in [0, 0.05) is 30.8 Å². The number of allylic oxidation sites excluding steroid dienone is 2. The molecule has 0 aromatic heterocycles. The molecule has 0 spiro atoms. The average molecular weight is 754 g/mol. The summed E-state index contributed by atoms with van der Waals surface area (Å²) in [4.78, 5) is 23.9. The number of carbonyl (C=O) groups is 2. The zero-order valence-electron chi connectivity index (χ0n) is 33.4. The Morgan fingerprint density at radius 2 is 1.39 bits per heavy atom. The minimum Gasteiger partial charge on any atom is -0.497 e. The molecule has 2 N–H and O–H groups in total. The number of hydrogen-bond donors (Lipinski definition) is 1. The van der Waals surface area contributed by atoms with Crippen LogP contribution in [0.3, 0.4) is 0 Å². The second kappa shape index (κ2) is 23.8. The quantitative estimate of drug-likeness (QED) is 0.0638. The molecular weight excluding hydrogens is 690 g/mol. The number of methoxy groups -OCH3 is 3. The molecule has 9 atom stereocenters. The van der Waals surface area contributed by atoms with E-state index in [4.69, 9.17) is 43.6 Å². The highest BCUT2D eigenvalue weighted by Gasteiger charge is 2.41. The van der Waals surface area contributed by atoms with Gasteiger partial charge in [0.05, 0.1) is 58.3 Å². The Balaban J connectivity index is 1.65. The van der Waals surface area contributed by atoms with E-state index in [1.54, 1.807) is 21.3 Å². The lowest BCUT2D eigenvalue weighted by Crippen LogP contribution is -2.48. The summed E-state index contributed by atoms with van der Waals surface area (Å²) < 4.78 is 45.4.